The van der Waals surface area contributed by atoms with Crippen molar-refractivity contribution in [3.05, 3.63) is 29.8 Å². The Labute approximate surface area is 116 Å². The van der Waals surface area contributed by atoms with Crippen LogP contribution >= 0.6 is 0 Å². The molecule has 3 heteroatoms. The summed E-state index contributed by atoms with van der Waals surface area (Å²) in [6, 6.07) is 9.10. The smallest absolute Gasteiger partial charge is 0.0736 e. The third-order valence-corrected chi connectivity index (χ3v) is 3.87. The minimum Gasteiger partial charge on any atom is -0.382 e. The first-order valence-corrected chi connectivity index (χ1v) is 7.48. The van der Waals surface area contributed by atoms with E-state index in [1.54, 1.807) is 0 Å². The molecule has 0 amide bonds. The Morgan fingerprint density at radius 3 is 2.63 bits per heavy atom. The Hall–Kier alpha value is -1.06. The molecule has 0 aromatic heterocycles. The summed E-state index contributed by atoms with van der Waals surface area (Å²) in [5, 5.41) is 3.70. The molecule has 3 nitrogen and oxygen atoms in total. The predicted octanol–water partition coefficient (Wildman–Crippen LogP) is 3.12. The third kappa shape index (κ3) is 4.22. The summed E-state index contributed by atoms with van der Waals surface area (Å²) in [7, 11) is 0. The first-order chi connectivity index (χ1) is 9.33. The molecule has 1 aliphatic rings. The van der Waals surface area contributed by atoms with Gasteiger partial charge in [0.25, 0.3) is 0 Å². The molecule has 1 aromatic rings. The minimum atomic E-state index is 0.602. The van der Waals surface area contributed by atoms with Gasteiger partial charge in [-0.15, -0.1) is 0 Å². The molecule has 0 unspecified atom stereocenters. The number of hydrogen-bond acceptors (Lipinski definition) is 3. The lowest BCUT2D eigenvalue weighted by molar-refractivity contribution is 0.134. The normalized spacial score (nSPS) is 17.6. The molecule has 2 rings (SSSR count). The van der Waals surface area contributed by atoms with Crippen LogP contribution in [-0.2, 0) is 11.3 Å². The lowest BCUT2D eigenvalue weighted by Gasteiger charge is -2.32. The zero-order valence-electron chi connectivity index (χ0n) is 12.2. The van der Waals surface area contributed by atoms with Gasteiger partial charge < -0.3 is 15.0 Å². The molecule has 0 spiro atoms. The first kappa shape index (κ1) is 14.4. The molecule has 0 radical (unpaired) electrons. The van der Waals surface area contributed by atoms with E-state index < -0.39 is 0 Å². The molecule has 0 atom stereocenters. The van der Waals surface area contributed by atoms with Gasteiger partial charge in [0.2, 0.25) is 0 Å². The topological polar surface area (TPSA) is 24.5 Å². The zero-order chi connectivity index (χ0) is 13.5. The molecule has 0 aliphatic carbocycles. The molecule has 1 aromatic carbocycles. The lowest BCUT2D eigenvalue weighted by atomic mass is 10.0. The second kappa shape index (κ2) is 7.51. The Kier molecular flexibility index (Phi) is 5.67. The van der Waals surface area contributed by atoms with Crippen molar-refractivity contribution < 1.29 is 4.74 Å². The minimum absolute atomic E-state index is 0.602. The lowest BCUT2D eigenvalue weighted by Crippen LogP contribution is -2.39. The molecule has 1 saturated heterocycles. The van der Waals surface area contributed by atoms with E-state index >= 15 is 0 Å². The Morgan fingerprint density at radius 2 is 1.95 bits per heavy atom. The maximum atomic E-state index is 5.54. The van der Waals surface area contributed by atoms with Crippen molar-refractivity contribution >= 4 is 5.69 Å². The Balaban J connectivity index is 1.91. The molecule has 19 heavy (non-hydrogen) atoms. The molecule has 1 fully saturated rings. The van der Waals surface area contributed by atoms with Gasteiger partial charge in [-0.3, -0.25) is 0 Å². The highest BCUT2D eigenvalue weighted by atomic mass is 16.5. The molecular weight excluding hydrogens is 236 g/mol. The molecule has 0 saturated carbocycles. The Bertz CT molecular complexity index is 373. The number of hydrogen-bond donors (Lipinski definition) is 1. The standard InChI is InChI=1S/C16H26N2O/c1-3-18-11-9-15(10-12-18)17-16-8-6-5-7-14(16)13-19-4-2/h5-8,15,17H,3-4,9-13H2,1-2H3. The summed E-state index contributed by atoms with van der Waals surface area (Å²) in [6.45, 7) is 9.34. The van der Waals surface area contributed by atoms with Crippen LogP contribution in [0.25, 0.3) is 0 Å². The van der Waals surface area contributed by atoms with Crippen molar-refractivity contribution in [3.8, 4) is 0 Å². The van der Waals surface area contributed by atoms with Gasteiger partial charge in [-0.2, -0.15) is 0 Å². The van der Waals surface area contributed by atoms with Crippen molar-refractivity contribution in [2.24, 2.45) is 0 Å². The van der Waals surface area contributed by atoms with E-state index in [2.05, 4.69) is 41.4 Å². The average molecular weight is 262 g/mol. The van der Waals surface area contributed by atoms with Gasteiger partial charge in [0.1, 0.15) is 0 Å². The molecule has 1 aliphatic heterocycles. The largest absolute Gasteiger partial charge is 0.382 e. The predicted molar refractivity (Wildman–Crippen MR) is 80.5 cm³/mol. The fourth-order valence-electron chi connectivity index (χ4n) is 2.61. The number of benzene rings is 1. The van der Waals surface area contributed by atoms with Crippen LogP contribution in [0.2, 0.25) is 0 Å². The summed E-state index contributed by atoms with van der Waals surface area (Å²) >= 11 is 0. The second-order valence-corrected chi connectivity index (χ2v) is 5.15. The summed E-state index contributed by atoms with van der Waals surface area (Å²) in [6.07, 6.45) is 2.47. The summed E-state index contributed by atoms with van der Waals surface area (Å²) < 4.78 is 5.54. The molecule has 1 heterocycles. The van der Waals surface area contributed by atoms with Crippen LogP contribution in [-0.4, -0.2) is 37.2 Å². The van der Waals surface area contributed by atoms with Crippen molar-refractivity contribution in [1.82, 2.24) is 4.90 Å². The van der Waals surface area contributed by atoms with Crippen LogP contribution in [0.15, 0.2) is 24.3 Å². The van der Waals surface area contributed by atoms with Crippen molar-refractivity contribution in [1.29, 1.82) is 0 Å². The van der Waals surface area contributed by atoms with Crippen LogP contribution in [0.5, 0.6) is 0 Å². The quantitative estimate of drug-likeness (QED) is 0.852. The highest BCUT2D eigenvalue weighted by Gasteiger charge is 2.18. The highest BCUT2D eigenvalue weighted by molar-refractivity contribution is 5.51. The van der Waals surface area contributed by atoms with Gasteiger partial charge in [-0.05, 0) is 32.4 Å². The Morgan fingerprint density at radius 1 is 1.21 bits per heavy atom. The third-order valence-electron chi connectivity index (χ3n) is 3.87. The maximum Gasteiger partial charge on any atom is 0.0736 e. The average Bonchev–Trinajstić information content (AvgIpc) is 2.47. The van der Waals surface area contributed by atoms with E-state index in [0.717, 1.165) is 6.61 Å². The van der Waals surface area contributed by atoms with Gasteiger partial charge in [-0.25, -0.2) is 0 Å². The van der Waals surface area contributed by atoms with Crippen LogP contribution in [0.3, 0.4) is 0 Å². The molecule has 1 N–H and O–H groups in total. The summed E-state index contributed by atoms with van der Waals surface area (Å²) in [4.78, 5) is 2.52. The van der Waals surface area contributed by atoms with Gasteiger partial charge in [-0.1, -0.05) is 25.1 Å². The number of rotatable bonds is 6. The first-order valence-electron chi connectivity index (χ1n) is 7.48. The number of nitrogens with zero attached hydrogens (tertiary/aromatic N) is 1. The van der Waals surface area contributed by atoms with E-state index in [4.69, 9.17) is 4.74 Å². The van der Waals surface area contributed by atoms with E-state index in [1.165, 1.54) is 43.7 Å². The van der Waals surface area contributed by atoms with Gasteiger partial charge in [0, 0.05) is 37.0 Å². The van der Waals surface area contributed by atoms with Gasteiger partial charge >= 0.3 is 0 Å². The zero-order valence-corrected chi connectivity index (χ0v) is 12.2. The number of piperidine rings is 1. The van der Waals surface area contributed by atoms with Crippen molar-refractivity contribution in [2.45, 2.75) is 39.3 Å². The van der Waals surface area contributed by atoms with E-state index in [-0.39, 0.29) is 0 Å². The number of anilines is 1. The van der Waals surface area contributed by atoms with E-state index in [9.17, 15) is 0 Å². The van der Waals surface area contributed by atoms with Crippen LogP contribution in [0.1, 0.15) is 32.3 Å². The van der Waals surface area contributed by atoms with Gasteiger partial charge in [0.15, 0.2) is 0 Å². The fourth-order valence-corrected chi connectivity index (χ4v) is 2.61. The fraction of sp³-hybridized carbons (Fsp3) is 0.625. The number of para-hydroxylation sites is 1. The number of likely N-dealkylation sites (tertiary alicyclic amines) is 1. The van der Waals surface area contributed by atoms with Crippen LogP contribution in [0.4, 0.5) is 5.69 Å². The van der Waals surface area contributed by atoms with E-state index in [0.29, 0.717) is 12.6 Å². The van der Waals surface area contributed by atoms with Gasteiger partial charge in [0.05, 0.1) is 6.61 Å². The van der Waals surface area contributed by atoms with Crippen molar-refractivity contribution in [3.63, 3.8) is 0 Å². The highest BCUT2D eigenvalue weighted by Crippen LogP contribution is 2.21. The maximum absolute atomic E-state index is 5.54. The summed E-state index contributed by atoms with van der Waals surface area (Å²) in [5.41, 5.74) is 2.51. The monoisotopic (exact) mass is 262 g/mol. The van der Waals surface area contributed by atoms with Crippen molar-refractivity contribution in [2.75, 3.05) is 31.6 Å². The summed E-state index contributed by atoms with van der Waals surface area (Å²) in [5.74, 6) is 0. The molecular formula is C16H26N2O. The molecule has 0 bridgehead atoms. The van der Waals surface area contributed by atoms with Crippen LogP contribution in [0, 0.1) is 0 Å². The second-order valence-electron chi connectivity index (χ2n) is 5.15. The SMILES string of the molecule is CCOCc1ccccc1NC1CCN(CC)CC1. The molecule has 106 valence electrons. The number of nitrogens with one attached hydrogen (secondary N) is 1. The van der Waals surface area contributed by atoms with Crippen LogP contribution < -0.4 is 5.32 Å². The van der Waals surface area contributed by atoms with E-state index in [1.807, 2.05) is 6.92 Å². The number of ether oxygens (including phenoxy) is 1.